The number of thiocarbonyl (C=S) groups is 1. The van der Waals surface area contributed by atoms with Crippen LogP contribution in [0.2, 0.25) is 0 Å². The normalized spacial score (nSPS) is 17.2. The van der Waals surface area contributed by atoms with Gasteiger partial charge in [-0.1, -0.05) is 43.0 Å². The molecule has 24 heavy (non-hydrogen) atoms. The first-order chi connectivity index (χ1) is 11.6. The minimum Gasteiger partial charge on any atom is -0.496 e. The van der Waals surface area contributed by atoms with E-state index in [1.807, 2.05) is 36.4 Å². The van der Waals surface area contributed by atoms with Crippen LogP contribution in [0.3, 0.4) is 0 Å². The summed E-state index contributed by atoms with van der Waals surface area (Å²) >= 11 is 5.18. The number of methoxy groups -OCH3 is 1. The molecule has 6 heteroatoms. The summed E-state index contributed by atoms with van der Waals surface area (Å²) in [5.41, 5.74) is 2.06. The van der Waals surface area contributed by atoms with E-state index in [2.05, 4.69) is 17.2 Å². The molecule has 0 saturated heterocycles. The van der Waals surface area contributed by atoms with Gasteiger partial charge >= 0.3 is 5.97 Å². The summed E-state index contributed by atoms with van der Waals surface area (Å²) in [4.78, 5) is 12.3. The van der Waals surface area contributed by atoms with Crippen molar-refractivity contribution in [2.75, 3.05) is 13.7 Å². The minimum atomic E-state index is -0.412. The minimum absolute atomic E-state index is 0.156. The summed E-state index contributed by atoms with van der Waals surface area (Å²) in [7, 11) is 1.62. The number of ether oxygens (including phenoxy) is 2. The van der Waals surface area contributed by atoms with Gasteiger partial charge in [0.1, 0.15) is 12.4 Å². The Morgan fingerprint density at radius 2 is 2.17 bits per heavy atom. The van der Waals surface area contributed by atoms with Crippen molar-refractivity contribution < 1.29 is 14.3 Å². The van der Waals surface area contributed by atoms with Gasteiger partial charge in [0.25, 0.3) is 0 Å². The maximum Gasteiger partial charge on any atom is 0.338 e. The van der Waals surface area contributed by atoms with Crippen LogP contribution in [-0.2, 0) is 9.53 Å². The molecule has 1 aliphatic rings. The highest BCUT2D eigenvalue weighted by atomic mass is 32.1. The molecule has 1 heterocycles. The molecule has 0 aromatic heterocycles. The van der Waals surface area contributed by atoms with Gasteiger partial charge in [-0.15, -0.1) is 0 Å². The van der Waals surface area contributed by atoms with Crippen molar-refractivity contribution in [2.45, 2.75) is 13.0 Å². The van der Waals surface area contributed by atoms with Crippen molar-refractivity contribution in [1.29, 1.82) is 0 Å². The highest BCUT2D eigenvalue weighted by Gasteiger charge is 2.27. The van der Waals surface area contributed by atoms with Gasteiger partial charge < -0.3 is 20.1 Å². The quantitative estimate of drug-likeness (QED) is 0.470. The first-order valence-corrected chi connectivity index (χ1v) is 7.85. The van der Waals surface area contributed by atoms with Crippen LogP contribution >= 0.6 is 12.2 Å². The maximum atomic E-state index is 12.3. The predicted molar refractivity (Wildman–Crippen MR) is 98.5 cm³/mol. The molecule has 5 nitrogen and oxygen atoms in total. The van der Waals surface area contributed by atoms with Gasteiger partial charge in [0.05, 0.1) is 18.7 Å². The topological polar surface area (TPSA) is 59.6 Å². The van der Waals surface area contributed by atoms with Crippen LogP contribution in [0.15, 0.2) is 54.3 Å². The lowest BCUT2D eigenvalue weighted by Crippen LogP contribution is -2.48. The number of nitrogens with one attached hydrogen (secondary N) is 2. The fourth-order valence-corrected chi connectivity index (χ4v) is 2.64. The van der Waals surface area contributed by atoms with Crippen LogP contribution < -0.4 is 15.4 Å². The molecule has 1 unspecified atom stereocenters. The Labute approximate surface area is 147 Å². The van der Waals surface area contributed by atoms with Crippen molar-refractivity contribution in [3.05, 3.63) is 59.8 Å². The lowest BCUT2D eigenvalue weighted by atomic mass is 10.0. The van der Waals surface area contributed by atoms with Gasteiger partial charge in [-0.05, 0) is 25.2 Å². The summed E-state index contributed by atoms with van der Waals surface area (Å²) in [5.74, 6) is 0.339. The summed E-state index contributed by atoms with van der Waals surface area (Å²) in [6.07, 6.45) is 5.28. The number of allylic oxidation sites excluding steroid dienone is 1. The van der Waals surface area contributed by atoms with Crippen LogP contribution in [0.5, 0.6) is 5.75 Å². The molecule has 0 saturated carbocycles. The number of esters is 1. The van der Waals surface area contributed by atoms with Crippen molar-refractivity contribution in [3.63, 3.8) is 0 Å². The number of benzene rings is 1. The second-order valence-corrected chi connectivity index (χ2v) is 5.51. The zero-order chi connectivity index (χ0) is 17.5. The molecule has 0 spiro atoms. The van der Waals surface area contributed by atoms with E-state index >= 15 is 0 Å². The second-order valence-electron chi connectivity index (χ2n) is 5.10. The third-order valence-corrected chi connectivity index (χ3v) is 3.68. The van der Waals surface area contributed by atoms with E-state index in [1.54, 1.807) is 14.0 Å². The summed E-state index contributed by atoms with van der Waals surface area (Å²) in [6, 6.07) is 7.24. The van der Waals surface area contributed by atoms with E-state index < -0.39 is 5.97 Å². The van der Waals surface area contributed by atoms with Gasteiger partial charge in [-0.2, -0.15) is 0 Å². The maximum absolute atomic E-state index is 12.3. The number of carbonyl (C=O) groups excluding carboxylic acids is 1. The van der Waals surface area contributed by atoms with Crippen molar-refractivity contribution in [2.24, 2.45) is 0 Å². The largest absolute Gasteiger partial charge is 0.496 e. The van der Waals surface area contributed by atoms with Crippen molar-refractivity contribution >= 4 is 29.4 Å². The average Bonchev–Trinajstić information content (AvgIpc) is 2.57. The SMILES string of the molecule is C=CCOC(=O)C1=C(C)NC(=S)NC1/C=C/c1ccccc1OC. The molecule has 1 aromatic carbocycles. The average molecular weight is 344 g/mol. The van der Waals surface area contributed by atoms with Gasteiger partial charge in [-0.25, -0.2) is 4.79 Å². The molecule has 0 aliphatic carbocycles. The number of para-hydroxylation sites is 1. The molecule has 1 aliphatic heterocycles. The van der Waals surface area contributed by atoms with E-state index in [4.69, 9.17) is 21.7 Å². The highest BCUT2D eigenvalue weighted by Crippen LogP contribution is 2.21. The van der Waals surface area contributed by atoms with E-state index in [1.165, 1.54) is 6.08 Å². The number of carbonyl (C=O) groups is 1. The second kappa shape index (κ2) is 8.31. The van der Waals surface area contributed by atoms with E-state index in [-0.39, 0.29) is 12.6 Å². The lowest BCUT2D eigenvalue weighted by Gasteiger charge is -2.27. The van der Waals surface area contributed by atoms with Crippen LogP contribution in [0.1, 0.15) is 12.5 Å². The summed E-state index contributed by atoms with van der Waals surface area (Å²) < 4.78 is 10.5. The zero-order valence-corrected chi connectivity index (χ0v) is 14.5. The molecule has 1 atom stereocenters. The molecule has 2 N–H and O–H groups in total. The van der Waals surface area contributed by atoms with Gasteiger partial charge in [0.15, 0.2) is 5.11 Å². The van der Waals surface area contributed by atoms with Crippen molar-refractivity contribution in [3.8, 4) is 5.75 Å². The van der Waals surface area contributed by atoms with Crippen LogP contribution in [-0.4, -0.2) is 30.8 Å². The van der Waals surface area contributed by atoms with Crippen LogP contribution in [0.25, 0.3) is 6.08 Å². The lowest BCUT2D eigenvalue weighted by molar-refractivity contribution is -0.138. The Morgan fingerprint density at radius 1 is 1.42 bits per heavy atom. The third kappa shape index (κ3) is 4.23. The molecule has 126 valence electrons. The molecule has 0 fully saturated rings. The van der Waals surface area contributed by atoms with Gasteiger partial charge in [0.2, 0.25) is 0 Å². The smallest absolute Gasteiger partial charge is 0.338 e. The molecule has 2 rings (SSSR count). The third-order valence-electron chi connectivity index (χ3n) is 3.46. The Hall–Kier alpha value is -2.60. The molecule has 0 bridgehead atoms. The number of rotatable bonds is 6. The number of hydrogen-bond acceptors (Lipinski definition) is 4. The fraction of sp³-hybridized carbons (Fsp3) is 0.222. The van der Waals surface area contributed by atoms with E-state index in [0.29, 0.717) is 16.4 Å². The first-order valence-electron chi connectivity index (χ1n) is 7.44. The molecular formula is C18H20N2O3S. The predicted octanol–water partition coefficient (Wildman–Crippen LogP) is 2.56. The van der Waals surface area contributed by atoms with Gasteiger partial charge in [0, 0.05) is 11.3 Å². The Morgan fingerprint density at radius 3 is 2.88 bits per heavy atom. The van der Waals surface area contributed by atoms with E-state index in [0.717, 1.165) is 11.3 Å². The standard InChI is InChI=1S/C18H20N2O3S/c1-4-11-23-17(21)16-12(2)19-18(24)20-14(16)10-9-13-7-5-6-8-15(13)22-3/h4-10,14H,1,11H2,2-3H3,(H2,19,20,24)/b10-9+. The first kappa shape index (κ1) is 17.7. The zero-order valence-electron chi connectivity index (χ0n) is 13.7. The monoisotopic (exact) mass is 344 g/mol. The fourth-order valence-electron chi connectivity index (χ4n) is 2.36. The van der Waals surface area contributed by atoms with Crippen molar-refractivity contribution in [1.82, 2.24) is 10.6 Å². The molecule has 0 radical (unpaired) electrons. The Balaban J connectivity index is 2.29. The van der Waals surface area contributed by atoms with E-state index in [9.17, 15) is 4.79 Å². The molecule has 0 amide bonds. The summed E-state index contributed by atoms with van der Waals surface area (Å²) in [6.45, 7) is 5.50. The van der Waals surface area contributed by atoms with Crippen LogP contribution in [0, 0.1) is 0 Å². The molecule has 1 aromatic rings. The highest BCUT2D eigenvalue weighted by molar-refractivity contribution is 7.80. The Kier molecular flexibility index (Phi) is 6.14. The summed E-state index contributed by atoms with van der Waals surface area (Å²) in [5, 5.41) is 6.48. The Bertz CT molecular complexity index is 710. The molecular weight excluding hydrogens is 324 g/mol. The number of hydrogen-bond donors (Lipinski definition) is 2. The van der Waals surface area contributed by atoms with Crippen LogP contribution in [0.4, 0.5) is 0 Å². The van der Waals surface area contributed by atoms with Gasteiger partial charge in [-0.3, -0.25) is 0 Å².